The second-order valence-electron chi connectivity index (χ2n) is 10.1. The Kier molecular flexibility index (Phi) is 5.63. The van der Waals surface area contributed by atoms with Crippen LogP contribution in [0, 0.1) is 11.3 Å². The summed E-state index contributed by atoms with van der Waals surface area (Å²) in [5.41, 5.74) is 0.395. The molecule has 32 heavy (non-hydrogen) atoms. The molecule has 2 bridgehead atoms. The predicted octanol–water partition coefficient (Wildman–Crippen LogP) is 2.35. The molecular weight excluding hydrogens is 412 g/mol. The van der Waals surface area contributed by atoms with Crippen molar-refractivity contribution in [1.82, 2.24) is 10.3 Å². The van der Waals surface area contributed by atoms with E-state index in [-0.39, 0.29) is 12.3 Å². The number of nitrogens with zero attached hydrogens (tertiary/aromatic N) is 2. The third-order valence-electron chi connectivity index (χ3n) is 6.70. The van der Waals surface area contributed by atoms with Gasteiger partial charge in [0.25, 0.3) is 0 Å². The average molecular weight is 443 g/mol. The number of carbonyl (C=O) groups is 2. The van der Waals surface area contributed by atoms with Crippen LogP contribution in [0.5, 0.6) is 0 Å². The summed E-state index contributed by atoms with van der Waals surface area (Å²) in [4.78, 5) is 28.5. The molecule has 2 amide bonds. The average Bonchev–Trinajstić information content (AvgIpc) is 2.73. The Balaban J connectivity index is 1.48. The Morgan fingerprint density at radius 1 is 1.38 bits per heavy atom. The molecule has 1 aromatic rings. The fourth-order valence-corrected chi connectivity index (χ4v) is 4.89. The van der Waals surface area contributed by atoms with Crippen LogP contribution in [0.15, 0.2) is 6.20 Å². The normalized spacial score (nSPS) is 27.7. The maximum absolute atomic E-state index is 12.3. The Hall–Kier alpha value is -2.70. The first-order valence-electron chi connectivity index (χ1n) is 11.1. The van der Waals surface area contributed by atoms with Gasteiger partial charge in [0.05, 0.1) is 40.8 Å². The molecule has 3 N–H and O–H groups in total. The third kappa shape index (κ3) is 4.30. The highest BCUT2D eigenvalue weighted by atomic mass is 16.6. The number of aliphatic hydroxyl groups excluding tert-OH is 1. The summed E-state index contributed by atoms with van der Waals surface area (Å²) >= 11 is 0. The van der Waals surface area contributed by atoms with Crippen LogP contribution in [-0.2, 0) is 27.1 Å². The van der Waals surface area contributed by atoms with E-state index in [9.17, 15) is 20.0 Å². The highest BCUT2D eigenvalue weighted by molar-refractivity contribution is 5.94. The van der Waals surface area contributed by atoms with Crippen LogP contribution in [0.4, 0.5) is 10.5 Å². The molecule has 4 heterocycles. The van der Waals surface area contributed by atoms with Gasteiger partial charge in [0, 0.05) is 25.5 Å². The molecule has 5 rings (SSSR count). The predicted molar refractivity (Wildman–Crippen MR) is 115 cm³/mol. The second kappa shape index (κ2) is 8.01. The third-order valence-corrected chi connectivity index (χ3v) is 6.70. The van der Waals surface area contributed by atoms with Crippen molar-refractivity contribution in [2.24, 2.45) is 0 Å². The van der Waals surface area contributed by atoms with E-state index < -0.39 is 28.9 Å². The number of rotatable bonds is 4. The van der Waals surface area contributed by atoms with Crippen molar-refractivity contribution in [2.45, 2.75) is 88.6 Å². The van der Waals surface area contributed by atoms with Crippen LogP contribution < -0.4 is 10.6 Å². The molecule has 9 heteroatoms. The molecule has 3 fully saturated rings. The zero-order valence-corrected chi connectivity index (χ0v) is 18.8. The van der Waals surface area contributed by atoms with Gasteiger partial charge in [-0.15, -0.1) is 0 Å². The zero-order valence-electron chi connectivity index (χ0n) is 18.8. The number of alkyl carbamates (subject to hydrolysis) is 1. The molecular formula is C23H30N4O5. The van der Waals surface area contributed by atoms with Crippen LogP contribution in [0.25, 0.3) is 0 Å². The number of aromatic nitrogens is 1. The van der Waals surface area contributed by atoms with Crippen molar-refractivity contribution in [2.75, 3.05) is 11.9 Å². The van der Waals surface area contributed by atoms with Gasteiger partial charge in [-0.2, -0.15) is 5.26 Å². The molecule has 2 saturated heterocycles. The van der Waals surface area contributed by atoms with Gasteiger partial charge in [0.1, 0.15) is 11.7 Å². The second-order valence-corrected chi connectivity index (χ2v) is 10.1. The van der Waals surface area contributed by atoms with Crippen LogP contribution in [0.2, 0.25) is 0 Å². The van der Waals surface area contributed by atoms with Crippen molar-refractivity contribution < 1.29 is 24.2 Å². The zero-order chi connectivity index (χ0) is 23.1. The largest absolute Gasteiger partial charge is 0.444 e. The van der Waals surface area contributed by atoms with Crippen LogP contribution in [-0.4, -0.2) is 51.5 Å². The molecule has 1 unspecified atom stereocenters. The van der Waals surface area contributed by atoms with E-state index in [0.717, 1.165) is 5.69 Å². The van der Waals surface area contributed by atoms with Crippen molar-refractivity contribution in [1.29, 1.82) is 5.26 Å². The van der Waals surface area contributed by atoms with Crippen molar-refractivity contribution in [3.05, 3.63) is 23.0 Å². The van der Waals surface area contributed by atoms with E-state index in [1.165, 1.54) is 6.20 Å². The molecule has 172 valence electrons. The number of hydrogen-bond donors (Lipinski definition) is 3. The van der Waals surface area contributed by atoms with Crippen molar-refractivity contribution in [3.8, 4) is 6.07 Å². The van der Waals surface area contributed by atoms with Crippen molar-refractivity contribution >= 4 is 17.7 Å². The van der Waals surface area contributed by atoms with Gasteiger partial charge in [-0.05, 0) is 52.0 Å². The van der Waals surface area contributed by atoms with Crippen molar-refractivity contribution in [3.63, 3.8) is 0 Å². The Labute approximate surface area is 187 Å². The number of aryl methyl sites for hydroxylation is 1. The number of hydrogen-bond acceptors (Lipinski definition) is 7. The first-order chi connectivity index (χ1) is 15.0. The minimum absolute atomic E-state index is 0.118. The summed E-state index contributed by atoms with van der Waals surface area (Å²) in [6.07, 6.45) is 3.71. The number of aliphatic hydroxyl groups is 1. The minimum atomic E-state index is -0.861. The molecule has 1 saturated carbocycles. The lowest BCUT2D eigenvalue weighted by Gasteiger charge is -2.54. The molecule has 0 radical (unpaired) electrons. The number of ether oxygens (including phenoxy) is 2. The smallest absolute Gasteiger partial charge is 0.408 e. The summed E-state index contributed by atoms with van der Waals surface area (Å²) in [7, 11) is 0. The lowest BCUT2D eigenvalue weighted by molar-refractivity contribution is -0.206. The first-order valence-corrected chi connectivity index (χ1v) is 11.1. The van der Waals surface area contributed by atoms with Crippen LogP contribution in [0.1, 0.15) is 69.7 Å². The van der Waals surface area contributed by atoms with E-state index >= 15 is 0 Å². The van der Waals surface area contributed by atoms with E-state index in [0.29, 0.717) is 61.9 Å². The number of pyridine rings is 1. The van der Waals surface area contributed by atoms with Gasteiger partial charge in [-0.3, -0.25) is 9.78 Å². The summed E-state index contributed by atoms with van der Waals surface area (Å²) in [5, 5.41) is 26.6. The van der Waals surface area contributed by atoms with Gasteiger partial charge in [-0.1, -0.05) is 0 Å². The number of amides is 2. The number of anilines is 1. The number of nitriles is 1. The van der Waals surface area contributed by atoms with E-state index in [1.54, 1.807) is 0 Å². The fraction of sp³-hybridized carbons (Fsp3) is 0.652. The maximum atomic E-state index is 12.3. The van der Waals surface area contributed by atoms with Crippen LogP contribution >= 0.6 is 0 Å². The molecule has 3 aliphatic heterocycles. The van der Waals surface area contributed by atoms with Gasteiger partial charge < -0.3 is 25.2 Å². The quantitative estimate of drug-likeness (QED) is 0.652. The van der Waals surface area contributed by atoms with E-state index in [2.05, 4.69) is 21.7 Å². The van der Waals surface area contributed by atoms with Gasteiger partial charge >= 0.3 is 6.09 Å². The van der Waals surface area contributed by atoms with Crippen LogP contribution in [0.3, 0.4) is 0 Å². The minimum Gasteiger partial charge on any atom is -0.444 e. The maximum Gasteiger partial charge on any atom is 0.408 e. The highest BCUT2D eigenvalue weighted by Crippen LogP contribution is 2.46. The summed E-state index contributed by atoms with van der Waals surface area (Å²) in [6.45, 7) is 5.75. The molecule has 1 atom stereocenters. The number of nitrogens with one attached hydrogen (secondary N) is 2. The standard InChI is InChI=1S/C23H30N4O5/c1-21(2,3)32-20(30)27-22-6-8-23(9-7-22,31-13-22)17(28)10-15-14(11-24)12-25-16-4-5-18(29)26-19(15)16/h12,17,28H,4-10,13H2,1-3H3,(H,26,29)(H,27,30). The van der Waals surface area contributed by atoms with E-state index in [4.69, 9.17) is 9.47 Å². The van der Waals surface area contributed by atoms with Gasteiger partial charge in [-0.25, -0.2) is 4.79 Å². The summed E-state index contributed by atoms with van der Waals surface area (Å²) < 4.78 is 11.6. The highest BCUT2D eigenvalue weighted by Gasteiger charge is 2.54. The monoisotopic (exact) mass is 442 g/mol. The lowest BCUT2D eigenvalue weighted by atomic mass is 9.68. The Morgan fingerprint density at radius 3 is 2.69 bits per heavy atom. The molecule has 9 nitrogen and oxygen atoms in total. The number of fused-ring (bicyclic) bond motifs is 4. The fourth-order valence-electron chi connectivity index (χ4n) is 4.89. The van der Waals surface area contributed by atoms with E-state index in [1.807, 2.05) is 20.8 Å². The Bertz CT molecular complexity index is 953. The van der Waals surface area contributed by atoms with Gasteiger partial charge in [0.2, 0.25) is 5.91 Å². The SMILES string of the molecule is CC(C)(C)OC(=O)NC12CCC(C(O)Cc3c(C#N)cnc4c3NC(=O)CC4)(CC1)OC2. The summed E-state index contributed by atoms with van der Waals surface area (Å²) in [6, 6.07) is 2.13. The summed E-state index contributed by atoms with van der Waals surface area (Å²) in [5.74, 6) is -0.118. The molecule has 4 aliphatic rings. The molecule has 0 spiro atoms. The lowest BCUT2D eigenvalue weighted by Crippen LogP contribution is -2.66. The molecule has 0 aromatic carbocycles. The molecule has 1 aliphatic carbocycles. The van der Waals surface area contributed by atoms with Gasteiger partial charge in [0.15, 0.2) is 0 Å². The Morgan fingerprint density at radius 2 is 2.09 bits per heavy atom. The first kappa shape index (κ1) is 22.5. The topological polar surface area (TPSA) is 134 Å². The number of carbonyl (C=O) groups excluding carboxylic acids is 2. The molecule has 1 aromatic heterocycles.